The maximum Gasteiger partial charge on any atom is 0.214 e. The van der Waals surface area contributed by atoms with Gasteiger partial charge in [0.05, 0.1) is 7.85 Å². The molecular formula is C15H33BN2O. The van der Waals surface area contributed by atoms with E-state index in [1.54, 1.807) is 4.90 Å². The van der Waals surface area contributed by atoms with E-state index in [0.717, 1.165) is 11.5 Å². The zero-order valence-corrected chi connectivity index (χ0v) is 13.6. The van der Waals surface area contributed by atoms with E-state index >= 15 is 0 Å². The number of carbonyl (C=O) groups is 1. The van der Waals surface area contributed by atoms with Crippen molar-refractivity contribution in [1.29, 1.82) is 0 Å². The van der Waals surface area contributed by atoms with Gasteiger partial charge in [-0.05, 0) is 17.7 Å². The van der Waals surface area contributed by atoms with Crippen molar-refractivity contribution < 1.29 is 6.22 Å². The van der Waals surface area contributed by atoms with Crippen molar-refractivity contribution in [2.45, 2.75) is 47.9 Å². The Balaban J connectivity index is -0.000000508. The summed E-state index contributed by atoms with van der Waals surface area (Å²) in [7, 11) is 5.33. The summed E-state index contributed by atoms with van der Waals surface area (Å²) in [5, 5.41) is 0. The molecule has 0 saturated carbocycles. The van der Waals surface area contributed by atoms with E-state index in [1.165, 1.54) is 0 Å². The van der Waals surface area contributed by atoms with Gasteiger partial charge in [-0.3, -0.25) is 4.79 Å². The van der Waals surface area contributed by atoms with E-state index < -0.39 is 0 Å². The minimum absolute atomic E-state index is 0. The summed E-state index contributed by atoms with van der Waals surface area (Å²) in [6, 6.07) is 0. The number of carbonyl (C=O) groups excluding carboxylic acids is 1. The van der Waals surface area contributed by atoms with Gasteiger partial charge in [0.25, 0.3) is 0 Å². The van der Waals surface area contributed by atoms with Crippen molar-refractivity contribution >= 4 is 13.8 Å². The third-order valence-electron chi connectivity index (χ3n) is 2.37. The molecule has 0 rings (SSSR count). The van der Waals surface area contributed by atoms with E-state index in [-0.39, 0.29) is 19.1 Å². The molecule has 0 bridgehead atoms. The van der Waals surface area contributed by atoms with Gasteiger partial charge in [-0.25, -0.2) is 0 Å². The first kappa shape index (κ1) is 20.6. The van der Waals surface area contributed by atoms with Crippen LogP contribution in [-0.4, -0.2) is 38.3 Å². The van der Waals surface area contributed by atoms with Gasteiger partial charge in [0, 0.05) is 21.1 Å². The van der Waals surface area contributed by atoms with Crippen molar-refractivity contribution in [3.8, 4) is 0 Å². The van der Waals surface area contributed by atoms with Crippen molar-refractivity contribution in [1.82, 2.24) is 4.90 Å². The van der Waals surface area contributed by atoms with E-state index in [4.69, 9.17) is 13.6 Å². The summed E-state index contributed by atoms with van der Waals surface area (Å²) >= 11 is 0. The Morgan fingerprint density at radius 2 is 1.79 bits per heavy atom. The zero-order valence-electron chi connectivity index (χ0n) is 13.6. The van der Waals surface area contributed by atoms with Crippen molar-refractivity contribution in [3.05, 3.63) is 12.2 Å². The molecule has 0 saturated heterocycles. The molecule has 0 atom stereocenters. The molecule has 0 aromatic carbocycles. The molecule has 3 nitrogen and oxygen atoms in total. The van der Waals surface area contributed by atoms with Crippen LogP contribution in [0.25, 0.3) is 0 Å². The lowest BCUT2D eigenvalue weighted by atomic mass is 9.87. The Morgan fingerprint density at radius 1 is 1.37 bits per heavy atom. The second-order valence-corrected chi connectivity index (χ2v) is 6.39. The van der Waals surface area contributed by atoms with Crippen LogP contribution in [0.2, 0.25) is 6.32 Å². The quantitative estimate of drug-likeness (QED) is 0.615. The largest absolute Gasteiger partial charge is 0.338 e. The standard InChI is InChI=1S/C11H21BN2O.C4H10.H2/c1-9(11(2,3)4)8-14(6-5-13)10(15)7-12;1-4(2)3;/h1,5-8,13H2,2-4H3;4H,1-3H3;1H. The fraction of sp³-hybridized carbons (Fsp3) is 0.800. The minimum atomic E-state index is -0.0779. The highest BCUT2D eigenvalue weighted by atomic mass is 16.2. The predicted molar refractivity (Wildman–Crippen MR) is 87.4 cm³/mol. The molecule has 112 valence electrons. The first-order chi connectivity index (χ1) is 8.56. The Morgan fingerprint density at radius 3 is 2.05 bits per heavy atom. The third kappa shape index (κ3) is 12.0. The Hall–Kier alpha value is -0.765. The number of hydrogen-bond donors (Lipinski definition) is 1. The van der Waals surface area contributed by atoms with Crippen LogP contribution in [0.3, 0.4) is 0 Å². The van der Waals surface area contributed by atoms with Gasteiger partial charge in [-0.2, -0.15) is 0 Å². The fourth-order valence-electron chi connectivity index (χ4n) is 1.04. The monoisotopic (exact) mass is 268 g/mol. The highest BCUT2D eigenvalue weighted by molar-refractivity contribution is 6.19. The molecule has 19 heavy (non-hydrogen) atoms. The third-order valence-corrected chi connectivity index (χ3v) is 2.37. The zero-order chi connectivity index (χ0) is 15.6. The lowest BCUT2D eigenvalue weighted by molar-refractivity contribution is -0.128. The smallest absolute Gasteiger partial charge is 0.214 e. The highest BCUT2D eigenvalue weighted by Gasteiger charge is 2.19. The van der Waals surface area contributed by atoms with Crippen LogP contribution < -0.4 is 5.73 Å². The average molecular weight is 268 g/mol. The van der Waals surface area contributed by atoms with Crippen LogP contribution in [-0.2, 0) is 4.79 Å². The average Bonchev–Trinajstić information content (AvgIpc) is 2.25. The number of nitrogens with zero attached hydrogens (tertiary/aromatic N) is 1. The van der Waals surface area contributed by atoms with Gasteiger partial charge in [0.15, 0.2) is 0 Å². The molecule has 0 aromatic heterocycles. The Labute approximate surface area is 122 Å². The number of nitrogens with two attached hydrogens (primary N) is 1. The molecule has 4 heteroatoms. The maximum absolute atomic E-state index is 11.5. The summed E-state index contributed by atoms with van der Waals surface area (Å²) in [4.78, 5) is 13.1. The van der Waals surface area contributed by atoms with Crippen LogP contribution in [0.5, 0.6) is 0 Å². The fourth-order valence-corrected chi connectivity index (χ4v) is 1.04. The van der Waals surface area contributed by atoms with Crippen LogP contribution >= 0.6 is 0 Å². The van der Waals surface area contributed by atoms with E-state index in [0.29, 0.717) is 19.6 Å². The molecule has 0 spiro atoms. The van der Waals surface area contributed by atoms with Crippen LogP contribution in [0.15, 0.2) is 12.2 Å². The van der Waals surface area contributed by atoms with E-state index in [2.05, 4.69) is 48.1 Å². The first-order valence-electron chi connectivity index (χ1n) is 6.92. The number of hydrogen-bond acceptors (Lipinski definition) is 2. The van der Waals surface area contributed by atoms with Crippen LogP contribution in [0, 0.1) is 11.3 Å². The molecule has 0 fully saturated rings. The summed E-state index contributed by atoms with van der Waals surface area (Å²) in [6.07, 6.45) is 0.0252. The summed E-state index contributed by atoms with van der Waals surface area (Å²) < 4.78 is 0. The number of amides is 1. The van der Waals surface area contributed by atoms with Gasteiger partial charge in [0.2, 0.25) is 5.91 Å². The minimum Gasteiger partial charge on any atom is -0.338 e. The predicted octanol–water partition coefficient (Wildman–Crippen LogP) is 2.87. The second kappa shape index (κ2) is 10.1. The lowest BCUT2D eigenvalue weighted by Gasteiger charge is -2.29. The Bertz CT molecular complexity index is 273. The molecule has 0 aliphatic rings. The first-order valence-corrected chi connectivity index (χ1v) is 6.92. The summed E-state index contributed by atoms with van der Waals surface area (Å²) in [5.74, 6) is 0.755. The van der Waals surface area contributed by atoms with Crippen molar-refractivity contribution in [2.24, 2.45) is 17.1 Å². The maximum atomic E-state index is 11.5. The van der Waals surface area contributed by atoms with Crippen LogP contribution in [0.4, 0.5) is 0 Å². The molecule has 2 radical (unpaired) electrons. The molecule has 0 aliphatic carbocycles. The van der Waals surface area contributed by atoms with Crippen molar-refractivity contribution in [2.75, 3.05) is 19.6 Å². The molecule has 2 N–H and O–H groups in total. The van der Waals surface area contributed by atoms with Gasteiger partial charge >= 0.3 is 0 Å². The van der Waals surface area contributed by atoms with Gasteiger partial charge < -0.3 is 10.6 Å². The van der Waals surface area contributed by atoms with Crippen LogP contribution in [0.1, 0.15) is 43.0 Å². The SMILES string of the molecule is CC(C)C.[B]CC(=O)N(CCN)CC(=C)C(C)(C)C.[HH]. The highest BCUT2D eigenvalue weighted by Crippen LogP contribution is 2.24. The molecule has 0 aliphatic heterocycles. The van der Waals surface area contributed by atoms with Gasteiger partial charge in [-0.15, -0.1) is 0 Å². The summed E-state index contributed by atoms with van der Waals surface area (Å²) in [6.45, 7) is 18.2. The molecule has 1 amide bonds. The van der Waals surface area contributed by atoms with Crippen molar-refractivity contribution in [3.63, 3.8) is 0 Å². The van der Waals surface area contributed by atoms with E-state index in [9.17, 15) is 4.79 Å². The molecular weight excluding hydrogens is 235 g/mol. The molecule has 0 unspecified atom stereocenters. The normalized spacial score (nSPS) is 10.7. The van der Waals surface area contributed by atoms with E-state index in [1.807, 2.05) is 0 Å². The number of rotatable bonds is 5. The molecule has 0 heterocycles. The van der Waals surface area contributed by atoms with Gasteiger partial charge in [0.1, 0.15) is 0 Å². The molecule has 0 aromatic rings. The topological polar surface area (TPSA) is 46.3 Å². The van der Waals surface area contributed by atoms with Gasteiger partial charge in [-0.1, -0.05) is 53.7 Å². The summed E-state index contributed by atoms with van der Waals surface area (Å²) in [5.41, 5.74) is 6.46. The Kier molecular flexibility index (Phi) is 10.9. The lowest BCUT2D eigenvalue weighted by Crippen LogP contribution is -2.38. The second-order valence-electron chi connectivity index (χ2n) is 6.39.